The van der Waals surface area contributed by atoms with Crippen molar-refractivity contribution in [3.8, 4) is 0 Å². The molecule has 0 bridgehead atoms. The highest BCUT2D eigenvalue weighted by Gasteiger charge is 2.36. The molecule has 16 heavy (non-hydrogen) atoms. The van der Waals surface area contributed by atoms with Crippen LogP contribution >= 0.6 is 0 Å². The zero-order valence-electron chi connectivity index (χ0n) is 10.2. The molecule has 1 saturated carbocycles. The predicted octanol–water partition coefficient (Wildman–Crippen LogP) is 3.12. The first-order chi connectivity index (χ1) is 7.72. The van der Waals surface area contributed by atoms with E-state index in [1.54, 1.807) is 0 Å². The molecule has 0 aliphatic heterocycles. The number of aromatic nitrogens is 1. The third-order valence-electron chi connectivity index (χ3n) is 3.14. The van der Waals surface area contributed by atoms with E-state index in [-0.39, 0.29) is 0 Å². The second-order valence-electron chi connectivity index (χ2n) is 5.02. The molecule has 1 aliphatic rings. The molecule has 0 saturated heterocycles. The minimum atomic E-state index is 0.542. The van der Waals surface area contributed by atoms with Crippen molar-refractivity contribution < 1.29 is 0 Å². The number of nitrogens with zero attached hydrogens (tertiary/aromatic N) is 1. The summed E-state index contributed by atoms with van der Waals surface area (Å²) in [5.74, 6) is 0.966. The minimum absolute atomic E-state index is 0.542. The molecule has 0 atom stereocenters. The molecule has 0 radical (unpaired) electrons. The van der Waals surface area contributed by atoms with Gasteiger partial charge in [0.2, 0.25) is 0 Å². The first-order valence-corrected chi connectivity index (χ1v) is 6.16. The second kappa shape index (κ2) is 4.73. The maximum absolute atomic E-state index is 4.29. The van der Waals surface area contributed by atoms with E-state index in [9.17, 15) is 0 Å². The van der Waals surface area contributed by atoms with Crippen LogP contribution in [-0.4, -0.2) is 18.1 Å². The van der Waals surface area contributed by atoms with Crippen LogP contribution in [0.3, 0.4) is 0 Å². The van der Waals surface area contributed by atoms with Gasteiger partial charge in [-0.3, -0.25) is 0 Å². The maximum Gasteiger partial charge on any atom is 0.127 e. The Labute approximate surface area is 97.7 Å². The fraction of sp³-hybridized carbons (Fsp3) is 0.615. The first-order valence-electron chi connectivity index (χ1n) is 6.16. The first kappa shape index (κ1) is 11.2. The lowest BCUT2D eigenvalue weighted by molar-refractivity contribution is 0.611. The van der Waals surface area contributed by atoms with Gasteiger partial charge >= 0.3 is 0 Å². The van der Waals surface area contributed by atoms with Gasteiger partial charge in [0, 0.05) is 31.0 Å². The number of hydrogen-bond donors (Lipinski definition) is 2. The Kier molecular flexibility index (Phi) is 3.32. The summed E-state index contributed by atoms with van der Waals surface area (Å²) in [5.41, 5.74) is 1.71. The van der Waals surface area contributed by atoms with Crippen LogP contribution in [0.1, 0.15) is 33.1 Å². The van der Waals surface area contributed by atoms with E-state index < -0.39 is 0 Å². The van der Waals surface area contributed by atoms with E-state index in [4.69, 9.17) is 0 Å². The molecule has 1 aromatic heterocycles. The summed E-state index contributed by atoms with van der Waals surface area (Å²) in [7, 11) is 0. The van der Waals surface area contributed by atoms with E-state index in [0.29, 0.717) is 5.41 Å². The van der Waals surface area contributed by atoms with Gasteiger partial charge in [0.25, 0.3) is 0 Å². The Morgan fingerprint density at radius 3 is 2.88 bits per heavy atom. The molecule has 0 unspecified atom stereocenters. The van der Waals surface area contributed by atoms with Gasteiger partial charge in [0.1, 0.15) is 5.82 Å². The molecule has 0 aromatic carbocycles. The zero-order valence-corrected chi connectivity index (χ0v) is 10.2. The second-order valence-corrected chi connectivity index (χ2v) is 5.02. The smallest absolute Gasteiger partial charge is 0.127 e. The van der Waals surface area contributed by atoms with E-state index in [0.717, 1.165) is 25.3 Å². The normalized spacial score (nSPS) is 16.9. The van der Waals surface area contributed by atoms with Crippen LogP contribution in [0.2, 0.25) is 0 Å². The molecule has 2 rings (SSSR count). The van der Waals surface area contributed by atoms with Gasteiger partial charge in [-0.2, -0.15) is 0 Å². The van der Waals surface area contributed by atoms with Gasteiger partial charge in [-0.15, -0.1) is 0 Å². The highest BCUT2D eigenvalue weighted by Crippen LogP contribution is 2.44. The number of anilines is 2. The Morgan fingerprint density at radius 1 is 1.38 bits per heavy atom. The van der Waals surface area contributed by atoms with Crippen LogP contribution < -0.4 is 10.6 Å². The molecule has 1 aromatic rings. The summed E-state index contributed by atoms with van der Waals surface area (Å²) < 4.78 is 0. The summed E-state index contributed by atoms with van der Waals surface area (Å²) in [5, 5.41) is 6.78. The molecular weight excluding hydrogens is 198 g/mol. The third-order valence-corrected chi connectivity index (χ3v) is 3.14. The summed E-state index contributed by atoms with van der Waals surface area (Å²) in [6, 6.07) is 4.12. The van der Waals surface area contributed by atoms with E-state index in [1.165, 1.54) is 18.5 Å². The average Bonchev–Trinajstić information content (AvgIpc) is 3.03. The Hall–Kier alpha value is -1.25. The molecule has 88 valence electrons. The molecule has 0 amide bonds. The van der Waals surface area contributed by atoms with Crippen LogP contribution in [0.4, 0.5) is 11.5 Å². The fourth-order valence-electron chi connectivity index (χ4n) is 1.60. The van der Waals surface area contributed by atoms with Gasteiger partial charge in [-0.1, -0.05) is 13.8 Å². The zero-order chi connectivity index (χ0) is 11.4. The monoisotopic (exact) mass is 219 g/mol. The molecule has 1 aliphatic carbocycles. The van der Waals surface area contributed by atoms with Crippen molar-refractivity contribution in [3.63, 3.8) is 0 Å². The molecule has 2 N–H and O–H groups in total. The van der Waals surface area contributed by atoms with Crippen molar-refractivity contribution in [3.05, 3.63) is 18.3 Å². The summed E-state index contributed by atoms with van der Waals surface area (Å²) in [6.07, 6.45) is 5.69. The highest BCUT2D eigenvalue weighted by molar-refractivity contribution is 5.52. The third kappa shape index (κ3) is 3.12. The molecule has 1 fully saturated rings. The number of pyridine rings is 1. The van der Waals surface area contributed by atoms with Crippen LogP contribution in [0.15, 0.2) is 18.3 Å². The predicted molar refractivity (Wildman–Crippen MR) is 68.8 cm³/mol. The minimum Gasteiger partial charge on any atom is -0.384 e. The van der Waals surface area contributed by atoms with Crippen LogP contribution in [0.5, 0.6) is 0 Å². The number of rotatable bonds is 6. The molecule has 3 nitrogen and oxygen atoms in total. The van der Waals surface area contributed by atoms with Gasteiger partial charge in [0.05, 0.1) is 0 Å². The van der Waals surface area contributed by atoms with Gasteiger partial charge in [0.15, 0.2) is 0 Å². The molecular formula is C13H21N3. The van der Waals surface area contributed by atoms with E-state index >= 15 is 0 Å². The summed E-state index contributed by atoms with van der Waals surface area (Å²) in [6.45, 7) is 6.54. The van der Waals surface area contributed by atoms with Crippen molar-refractivity contribution in [2.75, 3.05) is 23.7 Å². The molecule has 0 spiro atoms. The van der Waals surface area contributed by atoms with Crippen molar-refractivity contribution in [1.29, 1.82) is 0 Å². The summed E-state index contributed by atoms with van der Waals surface area (Å²) >= 11 is 0. The molecule has 3 heteroatoms. The van der Waals surface area contributed by atoms with Crippen LogP contribution in [0.25, 0.3) is 0 Å². The molecule has 1 heterocycles. The topological polar surface area (TPSA) is 37.0 Å². The largest absolute Gasteiger partial charge is 0.384 e. The van der Waals surface area contributed by atoms with Crippen molar-refractivity contribution in [1.82, 2.24) is 4.98 Å². The SMILES string of the molecule is CCCNc1cc(NCC2(C)CC2)ccn1. The standard InChI is InChI=1S/C13H21N3/c1-3-7-14-12-9-11(4-8-15-12)16-10-13(2)5-6-13/h4,8-9H,3,5-7,10H2,1-2H3,(H2,14,15,16). The quantitative estimate of drug-likeness (QED) is 0.772. The van der Waals surface area contributed by atoms with Crippen molar-refractivity contribution >= 4 is 11.5 Å². The van der Waals surface area contributed by atoms with Gasteiger partial charge in [-0.25, -0.2) is 4.98 Å². The van der Waals surface area contributed by atoms with Crippen LogP contribution in [-0.2, 0) is 0 Å². The maximum atomic E-state index is 4.29. The van der Waals surface area contributed by atoms with Gasteiger partial charge in [-0.05, 0) is 30.7 Å². The lowest BCUT2D eigenvalue weighted by Gasteiger charge is -2.12. The Balaban J connectivity index is 1.88. The number of nitrogens with one attached hydrogen (secondary N) is 2. The Bertz CT molecular complexity index is 345. The Morgan fingerprint density at radius 2 is 2.19 bits per heavy atom. The average molecular weight is 219 g/mol. The lowest BCUT2D eigenvalue weighted by atomic mass is 10.1. The highest BCUT2D eigenvalue weighted by atomic mass is 15.0. The number of hydrogen-bond acceptors (Lipinski definition) is 3. The van der Waals surface area contributed by atoms with Crippen LogP contribution in [0, 0.1) is 5.41 Å². The van der Waals surface area contributed by atoms with Crippen molar-refractivity contribution in [2.24, 2.45) is 5.41 Å². The van der Waals surface area contributed by atoms with Gasteiger partial charge < -0.3 is 10.6 Å². The summed E-state index contributed by atoms with van der Waals surface area (Å²) in [4.78, 5) is 4.29. The lowest BCUT2D eigenvalue weighted by Crippen LogP contribution is -2.12. The fourth-order valence-corrected chi connectivity index (χ4v) is 1.60. The van der Waals surface area contributed by atoms with E-state index in [2.05, 4.69) is 35.5 Å². The van der Waals surface area contributed by atoms with Crippen molar-refractivity contribution in [2.45, 2.75) is 33.1 Å². The van der Waals surface area contributed by atoms with E-state index in [1.807, 2.05) is 12.3 Å².